The maximum Gasteiger partial charge on any atom is 0.340 e. The first-order valence-corrected chi connectivity index (χ1v) is 10.3. The zero-order chi connectivity index (χ0) is 25.3. The highest BCUT2D eigenvalue weighted by Crippen LogP contribution is 2.28. The smallest absolute Gasteiger partial charge is 0.340 e. The van der Waals surface area contributed by atoms with E-state index in [2.05, 4.69) is 0 Å². The molecule has 0 bridgehead atoms. The Bertz CT molecular complexity index is 1370. The fraction of sp³-hybridized carbons (Fsp3) is 0.217. The molecule has 2 heterocycles. The van der Waals surface area contributed by atoms with Gasteiger partial charge in [0.25, 0.3) is 11.5 Å². The van der Waals surface area contributed by atoms with Gasteiger partial charge in [-0.15, -0.1) is 0 Å². The Balaban J connectivity index is 1.54. The number of aromatic nitrogens is 2. The van der Waals surface area contributed by atoms with Crippen LogP contribution in [0.25, 0.3) is 0 Å². The monoisotopic (exact) mass is 488 g/mol. The third-order valence-corrected chi connectivity index (χ3v) is 5.37. The molecule has 1 fully saturated rings. The Morgan fingerprint density at radius 3 is 2.06 bits per heavy atom. The van der Waals surface area contributed by atoms with E-state index < -0.39 is 65.9 Å². The highest BCUT2D eigenvalue weighted by Gasteiger charge is 2.45. The first-order chi connectivity index (χ1) is 16.7. The van der Waals surface area contributed by atoms with Crippen molar-refractivity contribution in [2.24, 2.45) is 0 Å². The van der Waals surface area contributed by atoms with Crippen molar-refractivity contribution in [3.63, 3.8) is 0 Å². The zero-order valence-electron chi connectivity index (χ0n) is 17.8. The summed E-state index contributed by atoms with van der Waals surface area (Å²) in [4.78, 5) is 50.0. The van der Waals surface area contributed by atoms with Gasteiger partial charge in [-0.25, -0.2) is 18.4 Å². The van der Waals surface area contributed by atoms with Crippen molar-refractivity contribution in [1.29, 1.82) is 0 Å². The van der Waals surface area contributed by atoms with Gasteiger partial charge in [-0.1, -0.05) is 0 Å². The van der Waals surface area contributed by atoms with Crippen LogP contribution in [0.1, 0.15) is 26.9 Å². The Hall–Kier alpha value is -4.00. The molecule has 182 valence electrons. The van der Waals surface area contributed by atoms with Crippen molar-refractivity contribution in [3.8, 4) is 0 Å². The molecule has 0 radical (unpaired) electrons. The topological polar surface area (TPSA) is 137 Å². The fourth-order valence-electron chi connectivity index (χ4n) is 3.52. The van der Waals surface area contributed by atoms with Gasteiger partial charge in [-0.2, -0.15) is 4.57 Å². The molecule has 0 spiro atoms. The molecule has 1 aromatic heterocycles. The minimum atomic E-state index is -1.69. The van der Waals surface area contributed by atoms with E-state index in [0.717, 1.165) is 53.2 Å². The van der Waals surface area contributed by atoms with Crippen LogP contribution in [0.15, 0.2) is 70.4 Å². The maximum absolute atomic E-state index is 13.2. The molecule has 12 heteroatoms. The second-order valence-electron chi connectivity index (χ2n) is 7.64. The summed E-state index contributed by atoms with van der Waals surface area (Å²) >= 11 is 0. The van der Waals surface area contributed by atoms with Crippen LogP contribution >= 0.6 is 0 Å². The highest BCUT2D eigenvalue weighted by atomic mass is 19.1. The fourth-order valence-corrected chi connectivity index (χ4v) is 3.52. The van der Waals surface area contributed by atoms with Crippen LogP contribution in [-0.2, 0) is 9.47 Å². The van der Waals surface area contributed by atoms with Crippen molar-refractivity contribution >= 4 is 11.9 Å². The summed E-state index contributed by atoms with van der Waals surface area (Å²) in [7, 11) is 0. The van der Waals surface area contributed by atoms with Crippen molar-refractivity contribution in [1.82, 2.24) is 9.13 Å². The molecule has 4 rings (SSSR count). The van der Waals surface area contributed by atoms with Crippen molar-refractivity contribution in [2.75, 3.05) is 6.61 Å². The second kappa shape index (κ2) is 9.70. The van der Waals surface area contributed by atoms with Crippen LogP contribution < -0.4 is 11.2 Å². The predicted molar refractivity (Wildman–Crippen MR) is 114 cm³/mol. The van der Waals surface area contributed by atoms with Crippen LogP contribution in [-0.4, -0.2) is 56.1 Å². The quantitative estimate of drug-likeness (QED) is 0.494. The van der Waals surface area contributed by atoms with Gasteiger partial charge in [-0.3, -0.25) is 14.2 Å². The average molecular weight is 488 g/mol. The molecular formula is C23H18F2N2O8. The summed E-state index contributed by atoms with van der Waals surface area (Å²) in [5.74, 6) is -3.05. The first-order valence-electron chi connectivity index (χ1n) is 10.3. The third-order valence-electron chi connectivity index (χ3n) is 5.37. The van der Waals surface area contributed by atoms with Gasteiger partial charge in [0.05, 0.1) is 5.56 Å². The van der Waals surface area contributed by atoms with Crippen LogP contribution in [0.4, 0.5) is 8.78 Å². The van der Waals surface area contributed by atoms with E-state index in [0.29, 0.717) is 0 Å². The summed E-state index contributed by atoms with van der Waals surface area (Å²) in [5.41, 5.74) is -2.24. The molecule has 35 heavy (non-hydrogen) atoms. The van der Waals surface area contributed by atoms with Crippen molar-refractivity contribution in [2.45, 2.75) is 24.5 Å². The van der Waals surface area contributed by atoms with Gasteiger partial charge < -0.3 is 19.7 Å². The van der Waals surface area contributed by atoms with Crippen molar-refractivity contribution < 1.29 is 38.1 Å². The van der Waals surface area contributed by atoms with Crippen LogP contribution in [0.5, 0.6) is 0 Å². The lowest BCUT2D eigenvalue weighted by Crippen LogP contribution is -2.46. The minimum Gasteiger partial charge on any atom is -0.459 e. The number of hydrogen-bond donors (Lipinski definition) is 2. The molecule has 0 amide bonds. The second-order valence-corrected chi connectivity index (χ2v) is 7.64. The maximum atomic E-state index is 13.2. The molecule has 1 saturated heterocycles. The zero-order valence-corrected chi connectivity index (χ0v) is 17.8. The largest absolute Gasteiger partial charge is 0.459 e. The van der Waals surface area contributed by atoms with Crippen LogP contribution in [0.2, 0.25) is 0 Å². The molecule has 0 aliphatic carbocycles. The van der Waals surface area contributed by atoms with Gasteiger partial charge in [0.15, 0.2) is 6.23 Å². The molecule has 10 nitrogen and oxygen atoms in total. The number of esters is 1. The Morgan fingerprint density at radius 2 is 1.46 bits per heavy atom. The molecular weight excluding hydrogens is 470 g/mol. The molecule has 3 aromatic rings. The number of carbonyl (C=O) groups excluding carboxylic acids is 2. The van der Waals surface area contributed by atoms with E-state index >= 15 is 0 Å². The van der Waals surface area contributed by atoms with Gasteiger partial charge in [-0.05, 0) is 48.5 Å². The van der Waals surface area contributed by atoms with Crippen molar-refractivity contribution in [3.05, 3.63) is 104 Å². The molecule has 2 N–H and O–H groups in total. The third kappa shape index (κ3) is 4.80. The van der Waals surface area contributed by atoms with E-state index in [4.69, 9.17) is 9.47 Å². The van der Waals surface area contributed by atoms with E-state index in [-0.39, 0.29) is 15.7 Å². The van der Waals surface area contributed by atoms with Crippen LogP contribution in [0, 0.1) is 11.6 Å². The number of benzene rings is 2. The summed E-state index contributed by atoms with van der Waals surface area (Å²) in [6.45, 7) is -0.520. The van der Waals surface area contributed by atoms with Gasteiger partial charge in [0.2, 0.25) is 0 Å². The van der Waals surface area contributed by atoms with E-state index in [1.807, 2.05) is 0 Å². The summed E-state index contributed by atoms with van der Waals surface area (Å²) in [5, 5.41) is 20.8. The number of aliphatic hydroxyl groups excluding tert-OH is 2. The molecule has 1 aliphatic heterocycles. The number of hydrogen-bond acceptors (Lipinski definition) is 8. The summed E-state index contributed by atoms with van der Waals surface area (Å²) < 4.78 is 37.7. The van der Waals surface area contributed by atoms with Gasteiger partial charge in [0.1, 0.15) is 36.6 Å². The lowest BCUT2D eigenvalue weighted by Gasteiger charge is -2.18. The summed E-state index contributed by atoms with van der Waals surface area (Å²) in [6, 6.07) is 9.55. The van der Waals surface area contributed by atoms with E-state index in [1.54, 1.807) is 0 Å². The Kier molecular flexibility index (Phi) is 6.69. The normalized spacial score (nSPS) is 21.6. The standard InChI is InChI=1S/C23H18F2N2O8/c24-14-5-1-12(2-6-14)20(31)27-17(28)9-10-26(23(27)33)21-19(30)18(29)16(35-21)11-34-22(32)13-3-7-15(25)8-4-13/h1-10,16,18-19,21,29-30H,11H2/t16-,18-,19-,21-/m1/s1. The predicted octanol–water partition coefficient (Wildman–Crippen LogP) is 0.453. The number of ether oxygens (including phenoxy) is 2. The Morgan fingerprint density at radius 1 is 0.886 bits per heavy atom. The number of nitrogens with zero attached hydrogens (tertiary/aromatic N) is 2. The minimum absolute atomic E-state index is 0.0404. The van der Waals surface area contributed by atoms with E-state index in [1.165, 1.54) is 12.1 Å². The van der Waals surface area contributed by atoms with Crippen LogP contribution in [0.3, 0.4) is 0 Å². The van der Waals surface area contributed by atoms with Gasteiger partial charge in [0, 0.05) is 17.8 Å². The Labute approximate surface area is 195 Å². The molecule has 0 unspecified atom stereocenters. The molecule has 2 aromatic carbocycles. The first kappa shape index (κ1) is 24.1. The highest BCUT2D eigenvalue weighted by molar-refractivity contribution is 5.95. The number of rotatable bonds is 5. The van der Waals surface area contributed by atoms with Gasteiger partial charge >= 0.3 is 11.7 Å². The molecule has 4 atom stereocenters. The molecule has 0 saturated carbocycles. The number of halogens is 2. The summed E-state index contributed by atoms with van der Waals surface area (Å²) in [6.07, 6.45) is -5.10. The van der Waals surface area contributed by atoms with E-state index in [9.17, 15) is 38.2 Å². The lowest BCUT2D eigenvalue weighted by molar-refractivity contribution is -0.0602. The molecule has 1 aliphatic rings. The lowest BCUT2D eigenvalue weighted by atomic mass is 10.1. The number of aliphatic hydroxyl groups is 2. The average Bonchev–Trinajstić information content (AvgIpc) is 3.12. The SMILES string of the molecule is O=C(OC[C@H]1O[C@@H](n2ccc(=O)n(C(=O)c3ccc(F)cc3)c2=O)[C@H](O)[C@@H]1O)c1ccc(F)cc1. The number of carbonyl (C=O) groups is 2.